The Morgan fingerprint density at radius 1 is 0.761 bits per heavy atom. The van der Waals surface area contributed by atoms with Gasteiger partial charge in [-0.2, -0.15) is 0 Å². The van der Waals surface area contributed by atoms with Crippen molar-refractivity contribution in [3.05, 3.63) is 37.7 Å². The molecule has 3 aromatic heterocycles. The number of alkyl halides is 2. The standard InChI is InChI=1S/C11H19N3O2S.C9H13ClN2O2S.C6H11N3S.CH2Cl2.ClH/c1-11(2,3)16-10(15)13-7-8-6-12-9(17-8)14(4)5;1-9(2,3)14-8(13)12-5-6-4-11-7(10)15-6;1-9(2)6-8-4-5(3-7)10-6;2-1-3;/h6H,7H2,1-5H3,(H,13,15);4H,5H2,1-3H3,(H,12,13);4H,3,7H2,1-2H3;1H2;1H. The molecule has 0 saturated heterocycles. The molecular weight excluding hydrogens is 738 g/mol. The average molecular weight is 785 g/mol. The van der Waals surface area contributed by atoms with E-state index in [1.807, 2.05) is 85.7 Å². The predicted molar refractivity (Wildman–Crippen MR) is 198 cm³/mol. The van der Waals surface area contributed by atoms with E-state index in [1.165, 1.54) is 11.3 Å². The SMILES string of the molecule is CC(C)(C)OC(=O)NCc1cnc(Cl)s1.CN(C)c1ncc(CN)s1.CN(C)c1ncc(CNC(=O)OC(C)(C)C)s1.Cl.ClCCl. The first-order valence-corrected chi connectivity index (χ1v) is 17.3. The van der Waals surface area contributed by atoms with Gasteiger partial charge in [0.1, 0.15) is 11.2 Å². The van der Waals surface area contributed by atoms with E-state index in [4.69, 9.17) is 50.0 Å². The summed E-state index contributed by atoms with van der Waals surface area (Å²) in [6, 6.07) is 0. The summed E-state index contributed by atoms with van der Waals surface area (Å²) in [5.41, 5.74) is 4.47. The number of nitrogens with zero attached hydrogens (tertiary/aromatic N) is 5. The van der Waals surface area contributed by atoms with E-state index in [9.17, 15) is 9.59 Å². The molecule has 2 amide bonds. The number of halogens is 4. The summed E-state index contributed by atoms with van der Waals surface area (Å²) >= 11 is 19.7. The summed E-state index contributed by atoms with van der Waals surface area (Å²) in [5, 5.41) is 7.45. The fourth-order valence-electron chi connectivity index (χ4n) is 2.50. The molecule has 3 heterocycles. The van der Waals surface area contributed by atoms with Gasteiger partial charge in [0.15, 0.2) is 14.7 Å². The number of carbonyl (C=O) groups is 2. The van der Waals surface area contributed by atoms with Gasteiger partial charge in [-0.1, -0.05) is 11.6 Å². The van der Waals surface area contributed by atoms with E-state index in [1.54, 1.807) is 35.1 Å². The number of nitrogens with one attached hydrogen (secondary N) is 2. The van der Waals surface area contributed by atoms with Gasteiger partial charge >= 0.3 is 12.2 Å². The van der Waals surface area contributed by atoms with Gasteiger partial charge in [0.05, 0.1) is 18.4 Å². The number of hydrogen-bond donors (Lipinski definition) is 3. The Morgan fingerprint density at radius 3 is 1.39 bits per heavy atom. The number of carbonyl (C=O) groups excluding carboxylic acids is 2. The first kappa shape index (κ1) is 46.3. The highest BCUT2D eigenvalue weighted by Gasteiger charge is 2.17. The summed E-state index contributed by atoms with van der Waals surface area (Å²) in [7, 11) is 7.81. The minimum atomic E-state index is -0.477. The molecule has 4 N–H and O–H groups in total. The molecule has 46 heavy (non-hydrogen) atoms. The molecule has 0 aliphatic carbocycles. The highest BCUT2D eigenvalue weighted by atomic mass is 35.5. The third-order valence-corrected chi connectivity index (χ3v) is 7.65. The van der Waals surface area contributed by atoms with Crippen molar-refractivity contribution >= 4 is 104 Å². The quantitative estimate of drug-likeness (QED) is 0.205. The molecule has 19 heteroatoms. The molecule has 12 nitrogen and oxygen atoms in total. The maximum atomic E-state index is 11.4. The van der Waals surface area contributed by atoms with Crippen molar-refractivity contribution in [1.82, 2.24) is 25.6 Å². The Bertz CT molecular complexity index is 1260. The van der Waals surface area contributed by atoms with Gasteiger partial charge in [0.25, 0.3) is 0 Å². The number of amides is 2. The van der Waals surface area contributed by atoms with Crippen LogP contribution in [0, 0.1) is 0 Å². The number of nitrogens with two attached hydrogens (primary N) is 1. The lowest BCUT2D eigenvalue weighted by Gasteiger charge is -2.19. The van der Waals surface area contributed by atoms with E-state index < -0.39 is 23.4 Å². The van der Waals surface area contributed by atoms with Crippen LogP contribution in [0.3, 0.4) is 0 Å². The van der Waals surface area contributed by atoms with Gasteiger partial charge in [-0.3, -0.25) is 0 Å². The molecule has 0 unspecified atom stereocenters. The van der Waals surface area contributed by atoms with Crippen molar-refractivity contribution in [3.63, 3.8) is 0 Å². The lowest BCUT2D eigenvalue weighted by Crippen LogP contribution is -2.31. The van der Waals surface area contributed by atoms with Crippen molar-refractivity contribution in [2.45, 2.75) is 72.4 Å². The number of aromatic nitrogens is 3. The molecule has 0 atom stereocenters. The van der Waals surface area contributed by atoms with E-state index >= 15 is 0 Å². The summed E-state index contributed by atoms with van der Waals surface area (Å²) in [6.45, 7) is 12.4. The topological polar surface area (TPSA) is 148 Å². The molecule has 264 valence electrons. The number of alkyl carbamates (subject to hydrolysis) is 2. The van der Waals surface area contributed by atoms with Crippen LogP contribution in [0.4, 0.5) is 19.9 Å². The number of thiazole rings is 3. The smallest absolute Gasteiger partial charge is 0.407 e. The fraction of sp³-hybridized carbons (Fsp3) is 0.593. The molecule has 0 aliphatic rings. The second kappa shape index (κ2) is 23.5. The lowest BCUT2D eigenvalue weighted by atomic mass is 10.2. The van der Waals surface area contributed by atoms with Crippen LogP contribution >= 0.6 is 81.2 Å². The highest BCUT2D eigenvalue weighted by Crippen LogP contribution is 2.21. The van der Waals surface area contributed by atoms with Crippen LogP contribution in [0.5, 0.6) is 0 Å². The third-order valence-electron chi connectivity index (χ3n) is 4.19. The minimum Gasteiger partial charge on any atom is -0.444 e. The molecule has 0 saturated carbocycles. The highest BCUT2D eigenvalue weighted by molar-refractivity contribution is 7.16. The Hall–Kier alpha value is -1.85. The molecule has 0 radical (unpaired) electrons. The maximum Gasteiger partial charge on any atom is 0.407 e. The molecular formula is C27H46Cl4N8O4S3. The van der Waals surface area contributed by atoms with Crippen LogP contribution in [0.1, 0.15) is 56.2 Å². The number of anilines is 2. The Kier molecular flexibility index (Phi) is 23.6. The fourth-order valence-corrected chi connectivity index (χ4v) is 4.90. The van der Waals surface area contributed by atoms with Crippen LogP contribution in [0.15, 0.2) is 18.6 Å². The number of hydrogen-bond acceptors (Lipinski definition) is 13. The second-order valence-electron chi connectivity index (χ2n) is 11.1. The van der Waals surface area contributed by atoms with E-state index in [0.29, 0.717) is 24.1 Å². The number of ether oxygens (including phenoxy) is 2. The lowest BCUT2D eigenvalue weighted by molar-refractivity contribution is 0.0512. The van der Waals surface area contributed by atoms with Gasteiger partial charge < -0.3 is 35.6 Å². The molecule has 0 fully saturated rings. The average Bonchev–Trinajstić information content (AvgIpc) is 3.66. The summed E-state index contributed by atoms with van der Waals surface area (Å²) in [5.74, 6) is 0. The van der Waals surface area contributed by atoms with Gasteiger partial charge in [0.2, 0.25) is 0 Å². The first-order valence-electron chi connectivity index (χ1n) is 13.4. The van der Waals surface area contributed by atoms with Crippen LogP contribution in [-0.4, -0.2) is 71.9 Å². The van der Waals surface area contributed by atoms with Crippen molar-refractivity contribution in [2.75, 3.05) is 43.3 Å². The van der Waals surface area contributed by atoms with Crippen LogP contribution in [-0.2, 0) is 29.1 Å². The van der Waals surface area contributed by atoms with Crippen LogP contribution in [0.2, 0.25) is 4.47 Å². The number of rotatable bonds is 7. The van der Waals surface area contributed by atoms with Gasteiger partial charge in [-0.15, -0.1) is 69.6 Å². The molecule has 0 spiro atoms. The monoisotopic (exact) mass is 782 g/mol. The molecule has 3 rings (SSSR count). The summed E-state index contributed by atoms with van der Waals surface area (Å²) < 4.78 is 10.7. The zero-order valence-corrected chi connectivity index (χ0v) is 33.3. The van der Waals surface area contributed by atoms with E-state index in [-0.39, 0.29) is 17.7 Å². The zero-order valence-electron chi connectivity index (χ0n) is 27.8. The molecule has 0 bridgehead atoms. The van der Waals surface area contributed by atoms with Crippen LogP contribution in [0.25, 0.3) is 0 Å². The Labute approximate surface area is 305 Å². The first-order chi connectivity index (χ1) is 20.8. The zero-order chi connectivity index (χ0) is 34.8. The normalized spacial score (nSPS) is 10.3. The third kappa shape index (κ3) is 23.5. The van der Waals surface area contributed by atoms with E-state index in [2.05, 4.69) is 25.6 Å². The largest absolute Gasteiger partial charge is 0.444 e. The second-order valence-corrected chi connectivity index (χ2v) is 15.8. The Balaban J connectivity index is 0. The van der Waals surface area contributed by atoms with Crippen molar-refractivity contribution in [2.24, 2.45) is 5.73 Å². The van der Waals surface area contributed by atoms with Crippen molar-refractivity contribution in [1.29, 1.82) is 0 Å². The molecule has 3 aromatic rings. The van der Waals surface area contributed by atoms with Crippen molar-refractivity contribution < 1.29 is 19.1 Å². The Morgan fingerprint density at radius 2 is 1.11 bits per heavy atom. The minimum absolute atomic E-state index is 0. The predicted octanol–water partition coefficient (Wildman–Crippen LogP) is 7.57. The summed E-state index contributed by atoms with van der Waals surface area (Å²) in [4.78, 5) is 41.8. The molecule has 0 aliphatic heterocycles. The molecule has 0 aromatic carbocycles. The van der Waals surface area contributed by atoms with Crippen molar-refractivity contribution in [3.8, 4) is 0 Å². The van der Waals surface area contributed by atoms with Gasteiger partial charge in [-0.25, -0.2) is 24.5 Å². The van der Waals surface area contributed by atoms with E-state index in [0.717, 1.165) is 24.9 Å². The summed E-state index contributed by atoms with van der Waals surface area (Å²) in [6.07, 6.45) is 4.37. The van der Waals surface area contributed by atoms with Crippen LogP contribution < -0.4 is 26.2 Å². The van der Waals surface area contributed by atoms with Gasteiger partial charge in [-0.05, 0) is 41.5 Å². The maximum absolute atomic E-state index is 11.4. The van der Waals surface area contributed by atoms with Gasteiger partial charge in [0, 0.05) is 68.0 Å².